The van der Waals surface area contributed by atoms with Gasteiger partial charge >= 0.3 is 5.97 Å². The lowest BCUT2D eigenvalue weighted by molar-refractivity contribution is 0.0696. The predicted octanol–water partition coefficient (Wildman–Crippen LogP) is 2.89. The monoisotopic (exact) mass is 451 g/mol. The van der Waals surface area contributed by atoms with Crippen LogP contribution in [0.2, 0.25) is 0 Å². The molecule has 170 valence electrons. The SMILES string of the molecule is CNc1cc(F)cc2c(NCCN(C)C)c3c(nc12)C(=O)N(c1ccc(C(=O)O)cc1)C3=O. The molecule has 0 saturated heterocycles. The molecule has 9 nitrogen and oxygen atoms in total. The maximum Gasteiger partial charge on any atom is 0.335 e. The lowest BCUT2D eigenvalue weighted by Crippen LogP contribution is -2.29. The van der Waals surface area contributed by atoms with Crippen molar-refractivity contribution in [3.05, 3.63) is 59.0 Å². The lowest BCUT2D eigenvalue weighted by atomic mass is 10.0. The van der Waals surface area contributed by atoms with Gasteiger partial charge in [0, 0.05) is 25.5 Å². The Morgan fingerprint density at radius 1 is 1.15 bits per heavy atom. The normalized spacial score (nSPS) is 13.1. The number of hydrogen-bond acceptors (Lipinski definition) is 7. The Hall–Kier alpha value is -4.05. The first kappa shape index (κ1) is 22.2. The number of aromatic carboxylic acids is 1. The lowest BCUT2D eigenvalue weighted by Gasteiger charge is -2.17. The number of nitrogens with one attached hydrogen (secondary N) is 2. The molecule has 2 amide bonds. The number of amides is 2. The number of carboxylic acids is 1. The molecule has 1 aliphatic rings. The Bertz CT molecular complexity index is 1290. The van der Waals surface area contributed by atoms with Gasteiger partial charge in [-0.2, -0.15) is 0 Å². The molecule has 4 rings (SSSR count). The number of nitrogens with zero attached hydrogens (tertiary/aromatic N) is 3. The third kappa shape index (κ3) is 3.85. The molecule has 0 aliphatic carbocycles. The zero-order valence-corrected chi connectivity index (χ0v) is 18.3. The number of carbonyl (C=O) groups is 3. The standard InChI is InChI=1S/C23H22FN5O4/c1-25-16-11-13(24)10-15-18(16)27-20-17(19(15)26-8-9-28(2)3)21(30)29(22(20)31)14-6-4-12(5-7-14)23(32)33/h4-7,10-11,25H,8-9H2,1-3H3,(H,26,27)(H,32,33). The van der Waals surface area contributed by atoms with Crippen LogP contribution in [0.4, 0.5) is 21.5 Å². The summed E-state index contributed by atoms with van der Waals surface area (Å²) in [6, 6.07) is 7.97. The number of pyridine rings is 1. The molecule has 2 heterocycles. The minimum Gasteiger partial charge on any atom is -0.478 e. The van der Waals surface area contributed by atoms with Gasteiger partial charge in [-0.25, -0.2) is 19.1 Å². The Morgan fingerprint density at radius 3 is 2.45 bits per heavy atom. The zero-order valence-electron chi connectivity index (χ0n) is 18.3. The van der Waals surface area contributed by atoms with Crippen molar-refractivity contribution in [1.82, 2.24) is 9.88 Å². The van der Waals surface area contributed by atoms with Gasteiger partial charge in [-0.3, -0.25) is 9.59 Å². The van der Waals surface area contributed by atoms with Gasteiger partial charge in [0.15, 0.2) is 0 Å². The van der Waals surface area contributed by atoms with Gasteiger partial charge in [0.1, 0.15) is 11.5 Å². The fourth-order valence-electron chi connectivity index (χ4n) is 3.77. The highest BCUT2D eigenvalue weighted by molar-refractivity contribution is 6.37. The second-order valence-electron chi connectivity index (χ2n) is 7.84. The van der Waals surface area contributed by atoms with Gasteiger partial charge in [0.05, 0.1) is 33.7 Å². The van der Waals surface area contributed by atoms with E-state index in [2.05, 4.69) is 15.6 Å². The number of fused-ring (bicyclic) bond motifs is 2. The summed E-state index contributed by atoms with van der Waals surface area (Å²) in [6.45, 7) is 1.08. The molecule has 1 aliphatic heterocycles. The van der Waals surface area contributed by atoms with E-state index in [9.17, 15) is 18.8 Å². The summed E-state index contributed by atoms with van der Waals surface area (Å²) in [6.07, 6.45) is 0. The van der Waals surface area contributed by atoms with Gasteiger partial charge in [0.25, 0.3) is 11.8 Å². The average Bonchev–Trinajstić information content (AvgIpc) is 3.02. The number of halogens is 1. The van der Waals surface area contributed by atoms with E-state index in [1.165, 1.54) is 36.4 Å². The smallest absolute Gasteiger partial charge is 0.335 e. The summed E-state index contributed by atoms with van der Waals surface area (Å²) in [7, 11) is 5.41. The predicted molar refractivity (Wildman–Crippen MR) is 123 cm³/mol. The molecule has 0 atom stereocenters. The summed E-state index contributed by atoms with van der Waals surface area (Å²) in [5.74, 6) is -2.88. The highest BCUT2D eigenvalue weighted by Gasteiger charge is 2.41. The van der Waals surface area contributed by atoms with Gasteiger partial charge in [-0.05, 0) is 50.5 Å². The molecule has 0 bridgehead atoms. The van der Waals surface area contributed by atoms with Gasteiger partial charge in [-0.15, -0.1) is 0 Å². The Morgan fingerprint density at radius 2 is 1.85 bits per heavy atom. The van der Waals surface area contributed by atoms with E-state index in [0.717, 1.165) is 4.90 Å². The molecule has 1 aromatic heterocycles. The number of imide groups is 1. The Kier molecular flexibility index (Phi) is 5.69. The minimum absolute atomic E-state index is 0.0272. The first-order valence-electron chi connectivity index (χ1n) is 10.2. The van der Waals surface area contributed by atoms with Crippen LogP contribution in [0.15, 0.2) is 36.4 Å². The number of benzene rings is 2. The number of aromatic nitrogens is 1. The van der Waals surface area contributed by atoms with Crippen molar-refractivity contribution in [2.24, 2.45) is 0 Å². The fourth-order valence-corrected chi connectivity index (χ4v) is 3.77. The summed E-state index contributed by atoms with van der Waals surface area (Å²) in [5.41, 5.74) is 1.32. The van der Waals surface area contributed by atoms with Crippen molar-refractivity contribution in [3.63, 3.8) is 0 Å². The minimum atomic E-state index is -1.12. The van der Waals surface area contributed by atoms with Crippen molar-refractivity contribution in [2.45, 2.75) is 0 Å². The van der Waals surface area contributed by atoms with Crippen molar-refractivity contribution in [1.29, 1.82) is 0 Å². The van der Waals surface area contributed by atoms with E-state index in [1.54, 1.807) is 7.05 Å². The maximum atomic E-state index is 14.4. The van der Waals surface area contributed by atoms with Crippen LogP contribution < -0.4 is 15.5 Å². The van der Waals surface area contributed by atoms with E-state index in [-0.39, 0.29) is 22.5 Å². The van der Waals surface area contributed by atoms with E-state index in [1.807, 2.05) is 19.0 Å². The van der Waals surface area contributed by atoms with E-state index < -0.39 is 23.6 Å². The van der Waals surface area contributed by atoms with Crippen LogP contribution >= 0.6 is 0 Å². The van der Waals surface area contributed by atoms with Crippen LogP contribution in [-0.4, -0.2) is 67.0 Å². The van der Waals surface area contributed by atoms with Crippen LogP contribution in [0.5, 0.6) is 0 Å². The van der Waals surface area contributed by atoms with E-state index in [4.69, 9.17) is 5.11 Å². The number of anilines is 3. The second-order valence-corrected chi connectivity index (χ2v) is 7.84. The van der Waals surface area contributed by atoms with E-state index >= 15 is 0 Å². The molecular formula is C23H22FN5O4. The number of carbonyl (C=O) groups excluding carboxylic acids is 2. The van der Waals surface area contributed by atoms with Crippen LogP contribution in [0.3, 0.4) is 0 Å². The molecule has 3 N–H and O–H groups in total. The van der Waals surface area contributed by atoms with Crippen molar-refractivity contribution >= 4 is 45.7 Å². The first-order valence-corrected chi connectivity index (χ1v) is 10.2. The van der Waals surface area contributed by atoms with Crippen LogP contribution in [-0.2, 0) is 0 Å². The zero-order chi connectivity index (χ0) is 23.9. The van der Waals surface area contributed by atoms with Crippen molar-refractivity contribution in [3.8, 4) is 0 Å². The fraction of sp³-hybridized carbons (Fsp3) is 0.217. The number of likely N-dealkylation sites (N-methyl/N-ethyl adjacent to an activating group) is 1. The number of hydrogen-bond donors (Lipinski definition) is 3. The van der Waals surface area contributed by atoms with Crippen LogP contribution in [0.25, 0.3) is 10.9 Å². The molecule has 2 aromatic carbocycles. The Labute approximate surface area is 188 Å². The van der Waals surface area contributed by atoms with Crippen molar-refractivity contribution in [2.75, 3.05) is 49.8 Å². The second kappa shape index (κ2) is 8.47. The maximum absolute atomic E-state index is 14.4. The topological polar surface area (TPSA) is 115 Å². The molecule has 0 unspecified atom stereocenters. The first-order chi connectivity index (χ1) is 15.7. The quantitative estimate of drug-likeness (QED) is 0.470. The summed E-state index contributed by atoms with van der Waals surface area (Å²) in [5, 5.41) is 15.6. The molecular weight excluding hydrogens is 429 g/mol. The summed E-state index contributed by atoms with van der Waals surface area (Å²) in [4.78, 5) is 45.2. The third-order valence-corrected chi connectivity index (χ3v) is 5.38. The summed E-state index contributed by atoms with van der Waals surface area (Å²) < 4.78 is 14.4. The summed E-state index contributed by atoms with van der Waals surface area (Å²) >= 11 is 0. The largest absolute Gasteiger partial charge is 0.478 e. The van der Waals surface area contributed by atoms with Gasteiger partial charge in [0.2, 0.25) is 0 Å². The van der Waals surface area contributed by atoms with Crippen LogP contribution in [0, 0.1) is 5.82 Å². The number of rotatable bonds is 7. The average molecular weight is 451 g/mol. The molecule has 0 saturated carbocycles. The van der Waals surface area contributed by atoms with Crippen molar-refractivity contribution < 1.29 is 23.9 Å². The third-order valence-electron chi connectivity index (χ3n) is 5.38. The molecule has 3 aromatic rings. The molecule has 0 fully saturated rings. The molecule has 0 radical (unpaired) electrons. The highest BCUT2D eigenvalue weighted by Crippen LogP contribution is 2.38. The molecule has 10 heteroatoms. The van der Waals surface area contributed by atoms with Gasteiger partial charge < -0.3 is 20.6 Å². The van der Waals surface area contributed by atoms with Gasteiger partial charge in [-0.1, -0.05) is 0 Å². The molecule has 0 spiro atoms. The number of carboxylic acid groups (broad SMARTS) is 1. The molecule has 33 heavy (non-hydrogen) atoms. The van der Waals surface area contributed by atoms with E-state index in [0.29, 0.717) is 35.4 Å². The highest BCUT2D eigenvalue weighted by atomic mass is 19.1. The van der Waals surface area contributed by atoms with Crippen LogP contribution in [0.1, 0.15) is 31.2 Å². The Balaban J connectivity index is 1.89.